The second kappa shape index (κ2) is 4.68. The highest BCUT2D eigenvalue weighted by atomic mass is 16.2. The summed E-state index contributed by atoms with van der Waals surface area (Å²) in [5, 5.41) is 2.41. The predicted molar refractivity (Wildman–Crippen MR) is 40.5 cm³/mol. The highest BCUT2D eigenvalue weighted by molar-refractivity contribution is 5.81. The number of rotatable bonds is 4. The molecule has 0 rings (SSSR count). The van der Waals surface area contributed by atoms with E-state index < -0.39 is 11.9 Å². The van der Waals surface area contributed by atoms with E-state index in [2.05, 4.69) is 5.32 Å². The van der Waals surface area contributed by atoms with E-state index in [0.29, 0.717) is 6.42 Å². The van der Waals surface area contributed by atoms with Crippen molar-refractivity contribution in [2.45, 2.75) is 18.9 Å². The van der Waals surface area contributed by atoms with Crippen molar-refractivity contribution in [3.8, 4) is 0 Å². The normalized spacial score (nSPS) is 12.2. The minimum Gasteiger partial charge on any atom is -0.368 e. The van der Waals surface area contributed by atoms with E-state index in [1.807, 2.05) is 0 Å². The zero-order valence-corrected chi connectivity index (χ0v) is 6.46. The Morgan fingerprint density at radius 3 is 2.45 bits per heavy atom. The zero-order chi connectivity index (χ0) is 8.85. The number of carbonyl (C=O) groups excluding carboxylic acids is 2. The minimum absolute atomic E-state index is 0.137. The van der Waals surface area contributed by atoms with Crippen molar-refractivity contribution in [3.63, 3.8) is 0 Å². The number of nitrogens with two attached hydrogens (primary N) is 2. The lowest BCUT2D eigenvalue weighted by molar-refractivity contribution is -0.121. The summed E-state index contributed by atoms with van der Waals surface area (Å²) in [6.07, 6.45) is 0.537. The molecule has 0 radical (unpaired) electrons. The average molecular weight is 159 g/mol. The van der Waals surface area contributed by atoms with Crippen molar-refractivity contribution >= 4 is 11.8 Å². The zero-order valence-electron chi connectivity index (χ0n) is 6.46. The molecule has 5 N–H and O–H groups in total. The van der Waals surface area contributed by atoms with Crippen LogP contribution in [0.2, 0.25) is 0 Å². The van der Waals surface area contributed by atoms with E-state index in [0.717, 1.165) is 0 Å². The number of amides is 2. The van der Waals surface area contributed by atoms with Gasteiger partial charge >= 0.3 is 0 Å². The van der Waals surface area contributed by atoms with Gasteiger partial charge in [-0.2, -0.15) is 0 Å². The van der Waals surface area contributed by atoms with Gasteiger partial charge < -0.3 is 16.8 Å². The van der Waals surface area contributed by atoms with Crippen LogP contribution in [0.15, 0.2) is 0 Å². The first-order chi connectivity index (χ1) is 5.07. The fraction of sp³-hybridized carbons (Fsp3) is 0.667. The molecule has 0 aliphatic carbocycles. The maximum atomic E-state index is 10.6. The summed E-state index contributed by atoms with van der Waals surface area (Å²) in [6, 6.07) is -0.715. The Morgan fingerprint density at radius 2 is 2.09 bits per heavy atom. The van der Waals surface area contributed by atoms with Crippen molar-refractivity contribution in [2.24, 2.45) is 11.5 Å². The van der Waals surface area contributed by atoms with Crippen molar-refractivity contribution in [1.29, 1.82) is 0 Å². The molecule has 5 heteroatoms. The third kappa shape index (κ3) is 4.32. The van der Waals surface area contributed by atoms with Gasteiger partial charge in [-0.15, -0.1) is 0 Å². The largest absolute Gasteiger partial charge is 0.368 e. The molecule has 0 spiro atoms. The topological polar surface area (TPSA) is 98.2 Å². The number of nitrogens with one attached hydrogen (secondary N) is 1. The molecule has 0 saturated heterocycles. The van der Waals surface area contributed by atoms with E-state index in [-0.39, 0.29) is 12.3 Å². The maximum absolute atomic E-state index is 10.6. The summed E-state index contributed by atoms with van der Waals surface area (Å²) in [6.45, 7) is 0. The predicted octanol–water partition coefficient (Wildman–Crippen LogP) is -1.67. The van der Waals surface area contributed by atoms with Crippen LogP contribution in [0.3, 0.4) is 0 Å². The van der Waals surface area contributed by atoms with Crippen LogP contribution >= 0.6 is 0 Å². The molecule has 0 heterocycles. The molecule has 0 aromatic carbocycles. The average Bonchev–Trinajstić information content (AvgIpc) is 1.99. The van der Waals surface area contributed by atoms with Gasteiger partial charge in [-0.25, -0.2) is 0 Å². The second-order valence-electron chi connectivity index (χ2n) is 2.22. The van der Waals surface area contributed by atoms with Crippen LogP contribution in [0.25, 0.3) is 0 Å². The first-order valence-corrected chi connectivity index (χ1v) is 3.33. The Labute approximate surface area is 65.1 Å². The summed E-state index contributed by atoms with van der Waals surface area (Å²) in [5.74, 6) is -0.712. The Balaban J connectivity index is 3.54. The first kappa shape index (κ1) is 9.90. The Morgan fingerprint density at radius 1 is 1.55 bits per heavy atom. The molecule has 1 atom stereocenters. The molecule has 5 nitrogen and oxygen atoms in total. The van der Waals surface area contributed by atoms with E-state index in [4.69, 9.17) is 11.5 Å². The Kier molecular flexibility index (Phi) is 4.21. The van der Waals surface area contributed by atoms with Gasteiger partial charge in [-0.1, -0.05) is 0 Å². The van der Waals surface area contributed by atoms with Gasteiger partial charge in [-0.3, -0.25) is 9.59 Å². The quantitative estimate of drug-likeness (QED) is 0.457. The monoisotopic (exact) mass is 159 g/mol. The standard InChI is InChI=1S/C6H13N3O2/c1-9-5(10)3-2-4(7)6(8)11/h4H,2-3,7H2,1H3,(H2,8,11)(H,9,10)/t4-/m0/s1. The molecule has 64 valence electrons. The van der Waals surface area contributed by atoms with Gasteiger partial charge in [-0.05, 0) is 6.42 Å². The van der Waals surface area contributed by atoms with Crippen LogP contribution in [-0.2, 0) is 9.59 Å². The highest BCUT2D eigenvalue weighted by Gasteiger charge is 2.10. The smallest absolute Gasteiger partial charge is 0.234 e. The van der Waals surface area contributed by atoms with Crippen molar-refractivity contribution in [2.75, 3.05) is 7.05 Å². The number of carbonyl (C=O) groups is 2. The fourth-order valence-corrected chi connectivity index (χ4v) is 0.554. The van der Waals surface area contributed by atoms with E-state index >= 15 is 0 Å². The van der Waals surface area contributed by atoms with Crippen LogP contribution in [-0.4, -0.2) is 24.9 Å². The van der Waals surface area contributed by atoms with Crippen LogP contribution in [0.5, 0.6) is 0 Å². The fourth-order valence-electron chi connectivity index (χ4n) is 0.554. The Bertz CT molecular complexity index is 158. The molecule has 0 fully saturated rings. The molecule has 2 amide bonds. The third-order valence-corrected chi connectivity index (χ3v) is 1.33. The number of hydrogen-bond donors (Lipinski definition) is 3. The lowest BCUT2D eigenvalue weighted by Gasteiger charge is -2.04. The third-order valence-electron chi connectivity index (χ3n) is 1.33. The summed E-state index contributed by atoms with van der Waals surface area (Å²) >= 11 is 0. The molecule has 0 aromatic rings. The van der Waals surface area contributed by atoms with Crippen molar-refractivity contribution in [3.05, 3.63) is 0 Å². The van der Waals surface area contributed by atoms with Crippen molar-refractivity contribution < 1.29 is 9.59 Å². The summed E-state index contributed by atoms with van der Waals surface area (Å²) < 4.78 is 0. The lowest BCUT2D eigenvalue weighted by Crippen LogP contribution is -2.37. The molecule has 0 saturated carbocycles. The van der Waals surface area contributed by atoms with Crippen LogP contribution in [0.4, 0.5) is 0 Å². The number of primary amides is 1. The molecule has 0 aromatic heterocycles. The van der Waals surface area contributed by atoms with Gasteiger partial charge in [0.05, 0.1) is 6.04 Å². The molecule has 0 bridgehead atoms. The highest BCUT2D eigenvalue weighted by Crippen LogP contribution is 1.92. The lowest BCUT2D eigenvalue weighted by atomic mass is 10.1. The number of hydrogen-bond acceptors (Lipinski definition) is 3. The molecule has 0 unspecified atom stereocenters. The maximum Gasteiger partial charge on any atom is 0.234 e. The van der Waals surface area contributed by atoms with Gasteiger partial charge in [0.1, 0.15) is 0 Å². The summed E-state index contributed by atoms with van der Waals surface area (Å²) in [5.41, 5.74) is 10.1. The molecular formula is C6H13N3O2. The van der Waals surface area contributed by atoms with Gasteiger partial charge in [0.25, 0.3) is 0 Å². The van der Waals surface area contributed by atoms with Gasteiger partial charge in [0.15, 0.2) is 0 Å². The van der Waals surface area contributed by atoms with E-state index in [1.54, 1.807) is 0 Å². The van der Waals surface area contributed by atoms with Crippen LogP contribution in [0, 0.1) is 0 Å². The van der Waals surface area contributed by atoms with Crippen LogP contribution in [0.1, 0.15) is 12.8 Å². The first-order valence-electron chi connectivity index (χ1n) is 3.33. The summed E-state index contributed by atoms with van der Waals surface area (Å²) in [7, 11) is 1.53. The summed E-state index contributed by atoms with van der Waals surface area (Å²) in [4.78, 5) is 21.0. The SMILES string of the molecule is CNC(=O)CC[C@H](N)C(N)=O. The minimum atomic E-state index is -0.715. The molecule has 0 aliphatic rings. The Hall–Kier alpha value is -1.10. The van der Waals surface area contributed by atoms with E-state index in [9.17, 15) is 9.59 Å². The second-order valence-corrected chi connectivity index (χ2v) is 2.22. The molecular weight excluding hydrogens is 146 g/mol. The van der Waals surface area contributed by atoms with Gasteiger partial charge in [0.2, 0.25) is 11.8 Å². The van der Waals surface area contributed by atoms with Gasteiger partial charge in [0, 0.05) is 13.5 Å². The molecule has 0 aliphatic heterocycles. The van der Waals surface area contributed by atoms with Crippen LogP contribution < -0.4 is 16.8 Å². The van der Waals surface area contributed by atoms with Crippen molar-refractivity contribution in [1.82, 2.24) is 5.32 Å². The van der Waals surface area contributed by atoms with E-state index in [1.165, 1.54) is 7.05 Å². The molecule has 11 heavy (non-hydrogen) atoms.